The van der Waals surface area contributed by atoms with Gasteiger partial charge in [-0.05, 0) is 16.0 Å². The molecule has 2 aromatic rings. The summed E-state index contributed by atoms with van der Waals surface area (Å²) in [5, 5.41) is 23.2. The highest BCUT2D eigenvalue weighted by atomic mass is 32.2. The summed E-state index contributed by atoms with van der Waals surface area (Å²) < 4.78 is 11.9. The first-order valence-corrected chi connectivity index (χ1v) is 12.1. The van der Waals surface area contributed by atoms with E-state index in [4.69, 9.17) is 9.47 Å². The molecule has 3 heterocycles. The summed E-state index contributed by atoms with van der Waals surface area (Å²) >= 11 is 2.48. The van der Waals surface area contributed by atoms with Crippen LogP contribution >= 0.6 is 23.5 Å². The highest BCUT2D eigenvalue weighted by molar-refractivity contribution is 8.01. The lowest BCUT2D eigenvalue weighted by molar-refractivity contribution is -0.194. The second kappa shape index (κ2) is 10.1. The van der Waals surface area contributed by atoms with Crippen LogP contribution < -0.4 is 5.32 Å². The van der Waals surface area contributed by atoms with Gasteiger partial charge in [-0.1, -0.05) is 42.1 Å². The minimum Gasteiger partial charge on any atom is -0.477 e. The number of aliphatic carboxylic acids is 1. The van der Waals surface area contributed by atoms with E-state index in [0.717, 1.165) is 4.90 Å². The van der Waals surface area contributed by atoms with Crippen LogP contribution in [0.2, 0.25) is 0 Å². The number of hydrogen-bond acceptors (Lipinski definition) is 11. The zero-order chi connectivity index (χ0) is 25.2. The predicted molar refractivity (Wildman–Crippen MR) is 121 cm³/mol. The summed E-state index contributed by atoms with van der Waals surface area (Å²) in [6.45, 7) is 0.142. The first-order chi connectivity index (χ1) is 16.8. The topological polar surface area (TPSA) is 166 Å². The molecule has 0 aliphatic carbocycles. The first-order valence-electron chi connectivity index (χ1n) is 10.1. The number of carboxylic acid groups (broad SMARTS) is 1. The van der Waals surface area contributed by atoms with Crippen LogP contribution in [0.4, 0.5) is 0 Å². The molecule has 2 aliphatic heterocycles. The number of aromatic nitrogens is 4. The van der Waals surface area contributed by atoms with Crippen molar-refractivity contribution in [1.29, 1.82) is 0 Å². The van der Waals surface area contributed by atoms with Crippen molar-refractivity contribution in [3.63, 3.8) is 0 Å². The van der Waals surface area contributed by atoms with Gasteiger partial charge in [0.25, 0.3) is 24.0 Å². The second-order valence-corrected chi connectivity index (χ2v) is 9.43. The number of amides is 2. The lowest BCUT2D eigenvalue weighted by Crippen LogP contribution is -2.81. The number of thioether (sulfide) groups is 2. The molecular weight excluding hydrogens is 500 g/mol. The normalized spacial score (nSPS) is 22.2. The average molecular weight is 521 g/mol. The van der Waals surface area contributed by atoms with E-state index >= 15 is 0 Å². The van der Waals surface area contributed by atoms with Crippen molar-refractivity contribution in [2.24, 2.45) is 7.05 Å². The number of nitrogens with zero attached hydrogens (tertiary/aromatic N) is 5. The first kappa shape index (κ1) is 24.7. The largest absolute Gasteiger partial charge is 0.477 e. The Bertz CT molecular complexity index is 1190. The standard InChI is InChI=1S/C20H20N6O7S2/c1-25-19(22-23-24-25)35-9-12-8-34-18-20(32-2,17(31)26(18)13(12)16(29)30)21-15(28)14(33-10-27)11-6-4-3-5-7-11/h3-7,10,14,18H,8-9H2,1-2H3,(H,21,28)(H,29,30)/t14-,18-,20-/m1/s1. The van der Waals surface area contributed by atoms with Crippen LogP contribution in [0.5, 0.6) is 0 Å². The molecule has 0 saturated carbocycles. The number of benzene rings is 1. The number of carbonyl (C=O) groups excluding carboxylic acids is 3. The zero-order valence-electron chi connectivity index (χ0n) is 18.5. The third-order valence-electron chi connectivity index (χ3n) is 5.43. The van der Waals surface area contributed by atoms with Gasteiger partial charge in [-0.2, -0.15) is 0 Å². The van der Waals surface area contributed by atoms with Crippen LogP contribution in [0.3, 0.4) is 0 Å². The third kappa shape index (κ3) is 4.37. The van der Waals surface area contributed by atoms with Crippen molar-refractivity contribution in [2.45, 2.75) is 22.4 Å². The molecule has 15 heteroatoms. The van der Waals surface area contributed by atoms with Crippen molar-refractivity contribution < 1.29 is 33.8 Å². The summed E-state index contributed by atoms with van der Waals surface area (Å²) in [7, 11) is 2.90. The zero-order valence-corrected chi connectivity index (χ0v) is 20.1. The molecule has 3 atom stereocenters. The molecule has 0 radical (unpaired) electrons. The highest BCUT2D eigenvalue weighted by Gasteiger charge is 2.67. The smallest absolute Gasteiger partial charge is 0.352 e. The maximum absolute atomic E-state index is 13.3. The number of fused-ring (bicyclic) bond motifs is 1. The molecule has 1 aromatic carbocycles. The molecule has 2 amide bonds. The predicted octanol–water partition coefficient (Wildman–Crippen LogP) is -0.0708. The van der Waals surface area contributed by atoms with Gasteiger partial charge >= 0.3 is 5.97 Å². The van der Waals surface area contributed by atoms with Gasteiger partial charge in [-0.15, -0.1) is 16.9 Å². The van der Waals surface area contributed by atoms with Crippen molar-refractivity contribution in [1.82, 2.24) is 30.4 Å². The molecule has 1 fully saturated rings. The number of tetrazole rings is 1. The fraction of sp³-hybridized carbons (Fsp3) is 0.350. The average Bonchev–Trinajstić information content (AvgIpc) is 3.28. The van der Waals surface area contributed by atoms with Crippen LogP contribution in [0.25, 0.3) is 0 Å². The van der Waals surface area contributed by atoms with Crippen molar-refractivity contribution in [3.05, 3.63) is 47.2 Å². The van der Waals surface area contributed by atoms with E-state index in [2.05, 4.69) is 20.8 Å². The Balaban J connectivity index is 1.57. The molecule has 2 N–H and O–H groups in total. The Hall–Kier alpha value is -3.43. The quantitative estimate of drug-likeness (QED) is 0.186. The van der Waals surface area contributed by atoms with E-state index in [1.807, 2.05) is 0 Å². The van der Waals surface area contributed by atoms with E-state index in [9.17, 15) is 24.3 Å². The number of carboxylic acids is 1. The monoisotopic (exact) mass is 520 g/mol. The summed E-state index contributed by atoms with van der Waals surface area (Å²) in [6.07, 6.45) is -1.32. The minimum atomic E-state index is -1.83. The van der Waals surface area contributed by atoms with Crippen LogP contribution in [0.15, 0.2) is 46.8 Å². The van der Waals surface area contributed by atoms with Gasteiger partial charge in [-0.25, -0.2) is 9.48 Å². The Kier molecular flexibility index (Phi) is 7.09. The maximum atomic E-state index is 13.3. The summed E-state index contributed by atoms with van der Waals surface area (Å²) in [5.41, 5.74) is -1.10. The number of aryl methyl sites for hydroxylation is 1. The molecule has 1 aromatic heterocycles. The molecule has 0 unspecified atom stereocenters. The summed E-state index contributed by atoms with van der Waals surface area (Å²) in [6, 6.07) is 8.27. The minimum absolute atomic E-state index is 0.142. The number of ether oxygens (including phenoxy) is 2. The van der Waals surface area contributed by atoms with Gasteiger partial charge in [0, 0.05) is 31.2 Å². The molecule has 1 saturated heterocycles. The van der Waals surface area contributed by atoms with E-state index in [0.29, 0.717) is 16.3 Å². The van der Waals surface area contributed by atoms with E-state index in [1.54, 1.807) is 37.4 Å². The van der Waals surface area contributed by atoms with Gasteiger partial charge < -0.3 is 19.9 Å². The molecule has 2 aliphatic rings. The van der Waals surface area contributed by atoms with Gasteiger partial charge in [0.2, 0.25) is 11.3 Å². The van der Waals surface area contributed by atoms with Gasteiger partial charge in [0.05, 0.1) is 0 Å². The number of methoxy groups -OCH3 is 1. The molecular formula is C20H20N6O7S2. The van der Waals surface area contributed by atoms with Crippen molar-refractivity contribution in [3.8, 4) is 0 Å². The van der Waals surface area contributed by atoms with E-state index in [1.165, 1.54) is 35.3 Å². The fourth-order valence-electron chi connectivity index (χ4n) is 3.77. The molecule has 0 bridgehead atoms. The van der Waals surface area contributed by atoms with Crippen LogP contribution in [0.1, 0.15) is 11.7 Å². The number of nitrogens with one attached hydrogen (secondary N) is 1. The fourth-order valence-corrected chi connectivity index (χ4v) is 6.20. The van der Waals surface area contributed by atoms with Crippen LogP contribution in [-0.4, -0.2) is 84.2 Å². The maximum Gasteiger partial charge on any atom is 0.352 e. The molecule has 184 valence electrons. The van der Waals surface area contributed by atoms with E-state index < -0.39 is 35.0 Å². The van der Waals surface area contributed by atoms with Crippen molar-refractivity contribution in [2.75, 3.05) is 18.6 Å². The molecule has 13 nitrogen and oxygen atoms in total. The lowest BCUT2D eigenvalue weighted by Gasteiger charge is -2.56. The number of hydrogen-bond donors (Lipinski definition) is 2. The van der Waals surface area contributed by atoms with Crippen LogP contribution in [-0.2, 0) is 35.7 Å². The summed E-state index contributed by atoms with van der Waals surface area (Å²) in [4.78, 5) is 50.6. The Labute approximate surface area is 207 Å². The van der Waals surface area contributed by atoms with Gasteiger partial charge in [0.15, 0.2) is 0 Å². The Morgan fingerprint density at radius 2 is 2.14 bits per heavy atom. The second-order valence-electron chi connectivity index (χ2n) is 7.42. The SMILES string of the molecule is CO[C@]1(NC(=O)[C@H](OC=O)c2ccccc2)C(=O)N2C(C(=O)O)=C(CSc3nnnn3C)CS[C@@H]21. The number of β-lactam (4-membered cyclic amide) rings is 1. The third-order valence-corrected chi connectivity index (χ3v) is 7.90. The molecule has 35 heavy (non-hydrogen) atoms. The van der Waals surface area contributed by atoms with E-state index in [-0.39, 0.29) is 23.7 Å². The summed E-state index contributed by atoms with van der Waals surface area (Å²) in [5.74, 6) is -2.30. The number of rotatable bonds is 10. The highest BCUT2D eigenvalue weighted by Crippen LogP contribution is 2.47. The Morgan fingerprint density at radius 1 is 1.40 bits per heavy atom. The Morgan fingerprint density at radius 3 is 2.74 bits per heavy atom. The molecule has 4 rings (SSSR count). The van der Waals surface area contributed by atoms with Crippen molar-refractivity contribution >= 4 is 47.8 Å². The molecule has 0 spiro atoms. The number of carbonyl (C=O) groups is 4. The lowest BCUT2D eigenvalue weighted by atomic mass is 9.97. The van der Waals surface area contributed by atoms with Gasteiger partial charge in [-0.3, -0.25) is 19.3 Å². The van der Waals surface area contributed by atoms with Crippen LogP contribution in [0, 0.1) is 0 Å². The van der Waals surface area contributed by atoms with Gasteiger partial charge in [0.1, 0.15) is 11.1 Å².